The second-order valence-corrected chi connectivity index (χ2v) is 5.74. The van der Waals surface area contributed by atoms with E-state index >= 15 is 0 Å². The summed E-state index contributed by atoms with van der Waals surface area (Å²) in [6.45, 7) is 3.47. The molecule has 1 aliphatic carbocycles. The van der Waals surface area contributed by atoms with Crippen LogP contribution in [0.15, 0.2) is 12.3 Å². The first kappa shape index (κ1) is 13.2. The van der Waals surface area contributed by atoms with E-state index in [1.807, 2.05) is 13.0 Å². The van der Waals surface area contributed by atoms with E-state index in [1.54, 1.807) is 6.20 Å². The molecule has 1 aromatic heterocycles. The molecule has 0 amide bonds. The molecule has 1 aliphatic heterocycles. The van der Waals surface area contributed by atoms with Crippen molar-refractivity contribution in [3.05, 3.63) is 23.0 Å². The zero-order valence-electron chi connectivity index (χ0n) is 11.1. The van der Waals surface area contributed by atoms with Crippen molar-refractivity contribution in [2.24, 2.45) is 0 Å². The summed E-state index contributed by atoms with van der Waals surface area (Å²) in [4.78, 5) is 4.17. The largest absolute Gasteiger partial charge is 0.380 e. The predicted molar refractivity (Wildman–Crippen MR) is 74.5 cm³/mol. The summed E-state index contributed by atoms with van der Waals surface area (Å²) < 4.78 is 11.5. The fourth-order valence-electron chi connectivity index (χ4n) is 2.86. The lowest BCUT2D eigenvalue weighted by atomic mass is 9.90. The van der Waals surface area contributed by atoms with Gasteiger partial charge < -0.3 is 14.8 Å². The molecule has 1 saturated carbocycles. The molecule has 0 aromatic carbocycles. The van der Waals surface area contributed by atoms with Gasteiger partial charge in [0.15, 0.2) is 10.9 Å². The minimum Gasteiger partial charge on any atom is -0.380 e. The van der Waals surface area contributed by atoms with E-state index in [9.17, 15) is 0 Å². The van der Waals surface area contributed by atoms with Crippen LogP contribution in [0.25, 0.3) is 0 Å². The van der Waals surface area contributed by atoms with Crippen LogP contribution in [0.2, 0.25) is 5.15 Å². The molecule has 0 radical (unpaired) electrons. The molecular weight excluding hydrogens is 264 g/mol. The van der Waals surface area contributed by atoms with Crippen molar-refractivity contribution >= 4 is 17.3 Å². The zero-order chi connectivity index (χ0) is 13.3. The quantitative estimate of drug-likeness (QED) is 0.847. The topological polar surface area (TPSA) is 43.4 Å². The molecule has 19 heavy (non-hydrogen) atoms. The second-order valence-electron chi connectivity index (χ2n) is 5.38. The average molecular weight is 283 g/mol. The fraction of sp³-hybridized carbons (Fsp3) is 0.643. The van der Waals surface area contributed by atoms with Crippen molar-refractivity contribution in [3.63, 3.8) is 0 Å². The summed E-state index contributed by atoms with van der Waals surface area (Å²) in [6.07, 6.45) is 5.74. The van der Waals surface area contributed by atoms with Crippen LogP contribution >= 0.6 is 11.6 Å². The maximum absolute atomic E-state index is 6.11. The molecule has 2 heterocycles. The number of aromatic nitrogens is 1. The third-order valence-corrected chi connectivity index (χ3v) is 4.20. The van der Waals surface area contributed by atoms with Gasteiger partial charge in [-0.05, 0) is 31.4 Å². The number of nitrogens with one attached hydrogen (secondary N) is 1. The smallest absolute Gasteiger partial charge is 0.168 e. The monoisotopic (exact) mass is 282 g/mol. The zero-order valence-corrected chi connectivity index (χ0v) is 11.9. The highest BCUT2D eigenvalue weighted by atomic mass is 35.5. The maximum atomic E-state index is 6.11. The average Bonchev–Trinajstić information content (AvgIpc) is 2.85. The van der Waals surface area contributed by atoms with E-state index in [0.29, 0.717) is 11.2 Å². The summed E-state index contributed by atoms with van der Waals surface area (Å²) in [5.74, 6) is -0.299. The molecule has 3 rings (SSSR count). The minimum absolute atomic E-state index is 0.299. The van der Waals surface area contributed by atoms with Crippen LogP contribution in [0.4, 0.5) is 5.69 Å². The molecule has 0 atom stereocenters. The van der Waals surface area contributed by atoms with Crippen molar-refractivity contribution in [1.29, 1.82) is 0 Å². The van der Waals surface area contributed by atoms with Gasteiger partial charge >= 0.3 is 0 Å². The second kappa shape index (κ2) is 5.27. The van der Waals surface area contributed by atoms with Crippen LogP contribution in [0, 0.1) is 6.92 Å². The molecule has 1 spiro atoms. The van der Waals surface area contributed by atoms with Crippen molar-refractivity contribution in [1.82, 2.24) is 4.98 Å². The Kier molecular flexibility index (Phi) is 3.65. The third kappa shape index (κ3) is 2.86. The van der Waals surface area contributed by atoms with Gasteiger partial charge in [-0.25, -0.2) is 4.98 Å². The first-order valence-corrected chi connectivity index (χ1v) is 7.21. The Labute approximate surface area is 118 Å². The molecule has 1 saturated heterocycles. The first-order valence-electron chi connectivity index (χ1n) is 6.83. The Morgan fingerprint density at radius 1 is 1.32 bits per heavy atom. The summed E-state index contributed by atoms with van der Waals surface area (Å²) in [7, 11) is 0. The van der Waals surface area contributed by atoms with Crippen LogP contribution < -0.4 is 5.32 Å². The van der Waals surface area contributed by atoms with Gasteiger partial charge in [0.2, 0.25) is 0 Å². The summed E-state index contributed by atoms with van der Waals surface area (Å²) in [6, 6.07) is 2.46. The number of ether oxygens (including phenoxy) is 2. The van der Waals surface area contributed by atoms with Crippen LogP contribution in [-0.2, 0) is 9.47 Å². The highest BCUT2D eigenvalue weighted by Gasteiger charge is 2.40. The van der Waals surface area contributed by atoms with E-state index in [0.717, 1.165) is 50.1 Å². The Morgan fingerprint density at radius 2 is 2.00 bits per heavy atom. The van der Waals surface area contributed by atoms with Gasteiger partial charge in [0.25, 0.3) is 0 Å². The van der Waals surface area contributed by atoms with Crippen molar-refractivity contribution in [3.8, 4) is 0 Å². The number of hydrogen-bond acceptors (Lipinski definition) is 4. The summed E-state index contributed by atoms with van der Waals surface area (Å²) in [5.41, 5.74) is 2.04. The molecule has 1 N–H and O–H groups in total. The van der Waals surface area contributed by atoms with E-state index in [4.69, 9.17) is 21.1 Å². The Hall–Kier alpha value is -0.840. The normalized spacial score (nSPS) is 22.8. The lowest BCUT2D eigenvalue weighted by molar-refractivity contribution is -0.177. The standard InChI is InChI=1S/C14H19ClN2O2/c1-10-8-12(13(15)16-9-10)17-11-2-4-14(5-3-11)18-6-7-19-14/h8-9,11,17H,2-7H2,1H3. The van der Waals surface area contributed by atoms with Crippen LogP contribution in [0.3, 0.4) is 0 Å². The van der Waals surface area contributed by atoms with Crippen LogP contribution in [0.5, 0.6) is 0 Å². The van der Waals surface area contributed by atoms with E-state index in [1.165, 1.54) is 0 Å². The van der Waals surface area contributed by atoms with Crippen LogP contribution in [0.1, 0.15) is 31.2 Å². The predicted octanol–water partition coefficient (Wildman–Crippen LogP) is 3.14. The van der Waals surface area contributed by atoms with Gasteiger partial charge in [-0.1, -0.05) is 11.6 Å². The van der Waals surface area contributed by atoms with Gasteiger partial charge in [-0.15, -0.1) is 0 Å². The molecule has 104 valence electrons. The summed E-state index contributed by atoms with van der Waals surface area (Å²) >= 11 is 6.11. The lowest BCUT2D eigenvalue weighted by Gasteiger charge is -2.36. The van der Waals surface area contributed by atoms with Gasteiger partial charge in [-0.3, -0.25) is 0 Å². The van der Waals surface area contributed by atoms with E-state index in [-0.39, 0.29) is 5.79 Å². The molecule has 2 aliphatic rings. The molecule has 5 heteroatoms. The van der Waals surface area contributed by atoms with Crippen LogP contribution in [-0.4, -0.2) is 30.0 Å². The third-order valence-electron chi connectivity index (χ3n) is 3.90. The molecule has 0 bridgehead atoms. The van der Waals surface area contributed by atoms with E-state index in [2.05, 4.69) is 10.3 Å². The number of hydrogen-bond donors (Lipinski definition) is 1. The Bertz CT molecular complexity index is 451. The SMILES string of the molecule is Cc1cnc(Cl)c(NC2CCC3(CC2)OCCO3)c1. The van der Waals surface area contributed by atoms with Gasteiger partial charge in [0.1, 0.15) is 0 Å². The molecule has 4 nitrogen and oxygen atoms in total. The molecule has 2 fully saturated rings. The van der Waals surface area contributed by atoms with E-state index < -0.39 is 0 Å². The Morgan fingerprint density at radius 3 is 2.68 bits per heavy atom. The molecular formula is C14H19ClN2O2. The lowest BCUT2D eigenvalue weighted by Crippen LogP contribution is -2.39. The van der Waals surface area contributed by atoms with Gasteiger partial charge in [-0.2, -0.15) is 0 Å². The van der Waals surface area contributed by atoms with Crippen molar-refractivity contribution < 1.29 is 9.47 Å². The number of anilines is 1. The number of aryl methyl sites for hydroxylation is 1. The van der Waals surface area contributed by atoms with Gasteiger partial charge in [0.05, 0.1) is 18.9 Å². The molecule has 1 aromatic rings. The number of halogens is 1. The van der Waals surface area contributed by atoms with Crippen molar-refractivity contribution in [2.45, 2.75) is 44.4 Å². The minimum atomic E-state index is -0.299. The van der Waals surface area contributed by atoms with Crippen molar-refractivity contribution in [2.75, 3.05) is 18.5 Å². The highest BCUT2D eigenvalue weighted by Crippen LogP contribution is 2.37. The molecule has 0 unspecified atom stereocenters. The first-order chi connectivity index (χ1) is 9.17. The maximum Gasteiger partial charge on any atom is 0.168 e. The number of nitrogens with zero attached hydrogens (tertiary/aromatic N) is 1. The Balaban J connectivity index is 1.61. The van der Waals surface area contributed by atoms with Gasteiger partial charge in [0, 0.05) is 25.1 Å². The number of pyridine rings is 1. The summed E-state index contributed by atoms with van der Waals surface area (Å²) in [5, 5.41) is 4.03. The highest BCUT2D eigenvalue weighted by molar-refractivity contribution is 6.31. The number of rotatable bonds is 2. The fourth-order valence-corrected chi connectivity index (χ4v) is 3.02.